The fourth-order valence-corrected chi connectivity index (χ4v) is 4.58. The Morgan fingerprint density at radius 1 is 1.08 bits per heavy atom. The summed E-state index contributed by atoms with van der Waals surface area (Å²) in [4.78, 5) is 30.6. The highest BCUT2D eigenvalue weighted by Gasteiger charge is 2.13. The molecule has 0 atom stereocenters. The van der Waals surface area contributed by atoms with Crippen LogP contribution in [0.2, 0.25) is 0 Å². The molecule has 1 aromatic heterocycles. The summed E-state index contributed by atoms with van der Waals surface area (Å²) < 4.78 is 21.2. The van der Waals surface area contributed by atoms with E-state index in [-0.39, 0.29) is 18.0 Å². The first kappa shape index (κ1) is 26.2. The highest BCUT2D eigenvalue weighted by atomic mass is 79.9. The lowest BCUT2D eigenvalue weighted by Gasteiger charge is -2.13. The van der Waals surface area contributed by atoms with Gasteiger partial charge in [0.05, 0.1) is 17.1 Å². The summed E-state index contributed by atoms with van der Waals surface area (Å²) in [5.41, 5.74) is 1.41. The molecule has 5 aromatic rings. The number of hydrogen-bond donors (Lipinski definition) is 1. The third-order valence-corrected chi connectivity index (χ3v) is 6.56. The number of halogens is 2. The number of hydrogen-bond acceptors (Lipinski definition) is 5. The molecular weight excluding hydrogens is 563 g/mol. The number of aromatic nitrogens is 2. The van der Waals surface area contributed by atoms with E-state index in [9.17, 15) is 14.0 Å². The molecule has 4 aromatic carbocycles. The van der Waals surface area contributed by atoms with Gasteiger partial charge in [0.2, 0.25) is 0 Å². The molecule has 39 heavy (non-hydrogen) atoms. The van der Waals surface area contributed by atoms with Crippen LogP contribution in [0, 0.1) is 5.82 Å². The fourth-order valence-electron chi connectivity index (χ4n) is 4.22. The van der Waals surface area contributed by atoms with Crippen molar-refractivity contribution in [3.05, 3.63) is 111 Å². The Morgan fingerprint density at radius 2 is 1.87 bits per heavy atom. The van der Waals surface area contributed by atoms with Crippen molar-refractivity contribution >= 4 is 55.4 Å². The zero-order valence-corrected chi connectivity index (χ0v) is 22.6. The number of anilines is 1. The molecule has 1 amide bonds. The summed E-state index contributed by atoms with van der Waals surface area (Å²) in [6, 6.07) is 22.2. The zero-order chi connectivity index (χ0) is 27.4. The number of benzene rings is 4. The maximum absolute atomic E-state index is 13.4. The number of nitrogens with zero attached hydrogens (tertiary/aromatic N) is 3. The van der Waals surface area contributed by atoms with E-state index in [1.54, 1.807) is 18.3 Å². The molecular formula is C30H24BrFN4O3. The molecule has 0 aliphatic heterocycles. The lowest BCUT2D eigenvalue weighted by atomic mass is 10.0. The van der Waals surface area contributed by atoms with Gasteiger partial charge in [-0.05, 0) is 65.7 Å². The van der Waals surface area contributed by atoms with Crippen molar-refractivity contribution in [3.63, 3.8) is 0 Å². The van der Waals surface area contributed by atoms with Crippen LogP contribution < -0.4 is 15.6 Å². The Balaban J connectivity index is 1.51. The van der Waals surface area contributed by atoms with Crippen LogP contribution in [0.5, 0.6) is 5.75 Å². The molecule has 5 rings (SSSR count). The van der Waals surface area contributed by atoms with Gasteiger partial charge in [0.1, 0.15) is 17.4 Å². The molecule has 0 spiro atoms. The van der Waals surface area contributed by atoms with Gasteiger partial charge in [0.25, 0.3) is 11.5 Å². The molecule has 1 N–H and O–H groups in total. The Labute approximate surface area is 232 Å². The Kier molecular flexibility index (Phi) is 7.79. The minimum Gasteiger partial charge on any atom is -0.483 e. The summed E-state index contributed by atoms with van der Waals surface area (Å²) in [6.07, 6.45) is 2.93. The average Bonchev–Trinajstić information content (AvgIpc) is 2.94. The molecule has 0 fully saturated rings. The predicted octanol–water partition coefficient (Wildman–Crippen LogP) is 6.30. The topological polar surface area (TPSA) is 85.6 Å². The van der Waals surface area contributed by atoms with Gasteiger partial charge in [-0.2, -0.15) is 9.78 Å². The summed E-state index contributed by atoms with van der Waals surface area (Å²) in [7, 11) is 0. The van der Waals surface area contributed by atoms with Gasteiger partial charge in [0, 0.05) is 22.1 Å². The Bertz CT molecular complexity index is 1770. The highest BCUT2D eigenvalue weighted by Crippen LogP contribution is 2.27. The largest absolute Gasteiger partial charge is 0.483 e. The van der Waals surface area contributed by atoms with Crippen molar-refractivity contribution in [2.75, 3.05) is 11.9 Å². The van der Waals surface area contributed by atoms with Gasteiger partial charge in [-0.15, -0.1) is 0 Å². The second-order valence-electron chi connectivity index (χ2n) is 8.84. The van der Waals surface area contributed by atoms with E-state index < -0.39 is 5.91 Å². The molecule has 0 unspecified atom stereocenters. The predicted molar refractivity (Wildman–Crippen MR) is 155 cm³/mol. The molecule has 0 aliphatic carbocycles. The number of rotatable bonds is 8. The first-order valence-corrected chi connectivity index (χ1v) is 13.2. The molecule has 1 heterocycles. The van der Waals surface area contributed by atoms with Gasteiger partial charge in [-0.25, -0.2) is 9.37 Å². The summed E-state index contributed by atoms with van der Waals surface area (Å²) in [5.74, 6) is 0.187. The van der Waals surface area contributed by atoms with Crippen molar-refractivity contribution in [1.29, 1.82) is 0 Å². The van der Waals surface area contributed by atoms with Gasteiger partial charge < -0.3 is 10.1 Å². The third kappa shape index (κ3) is 5.88. The normalized spacial score (nSPS) is 11.4. The number of aryl methyl sites for hydroxylation is 1. The Hall–Kier alpha value is -4.37. The first-order chi connectivity index (χ1) is 18.9. The second-order valence-corrected chi connectivity index (χ2v) is 9.76. The van der Waals surface area contributed by atoms with Gasteiger partial charge in [-0.3, -0.25) is 9.59 Å². The second kappa shape index (κ2) is 11.6. The molecule has 0 aliphatic rings. The van der Waals surface area contributed by atoms with Crippen LogP contribution in [0.1, 0.15) is 24.7 Å². The van der Waals surface area contributed by atoms with Crippen LogP contribution in [0.15, 0.2) is 93.2 Å². The monoisotopic (exact) mass is 586 g/mol. The minimum absolute atomic E-state index is 0.275. The lowest BCUT2D eigenvalue weighted by Crippen LogP contribution is -2.22. The molecule has 0 saturated carbocycles. The van der Waals surface area contributed by atoms with Crippen molar-refractivity contribution in [3.8, 4) is 5.75 Å². The van der Waals surface area contributed by atoms with E-state index in [0.717, 1.165) is 21.7 Å². The summed E-state index contributed by atoms with van der Waals surface area (Å²) in [5, 5.41) is 9.50. The van der Waals surface area contributed by atoms with Crippen LogP contribution in [0.25, 0.3) is 21.7 Å². The SMILES string of the molecule is CCCc1nc2ccc(Br)cc2c(=O)n1N=Cc1c(OCC(=O)Nc2ccc(F)cc2)ccc2ccccc12. The van der Waals surface area contributed by atoms with E-state index in [1.807, 2.05) is 49.4 Å². The number of amides is 1. The van der Waals surface area contributed by atoms with Gasteiger partial charge in [-0.1, -0.05) is 53.2 Å². The minimum atomic E-state index is -0.400. The average molecular weight is 587 g/mol. The molecule has 196 valence electrons. The van der Waals surface area contributed by atoms with Crippen LogP contribution >= 0.6 is 15.9 Å². The summed E-state index contributed by atoms with van der Waals surface area (Å²) in [6.45, 7) is 1.74. The molecule has 7 nitrogen and oxygen atoms in total. The van der Waals surface area contributed by atoms with E-state index >= 15 is 0 Å². The third-order valence-electron chi connectivity index (χ3n) is 6.07. The number of carbonyl (C=O) groups is 1. The molecule has 0 saturated heterocycles. The first-order valence-electron chi connectivity index (χ1n) is 12.4. The van der Waals surface area contributed by atoms with Gasteiger partial charge in [0.15, 0.2) is 6.61 Å². The van der Waals surface area contributed by atoms with E-state index in [2.05, 4.69) is 31.3 Å². The van der Waals surface area contributed by atoms with Crippen molar-refractivity contribution in [1.82, 2.24) is 9.66 Å². The Morgan fingerprint density at radius 3 is 2.67 bits per heavy atom. The van der Waals surface area contributed by atoms with Crippen LogP contribution in [-0.4, -0.2) is 28.4 Å². The maximum Gasteiger partial charge on any atom is 0.282 e. The van der Waals surface area contributed by atoms with E-state index in [0.29, 0.717) is 40.1 Å². The van der Waals surface area contributed by atoms with Crippen molar-refractivity contribution < 1.29 is 13.9 Å². The quantitative estimate of drug-likeness (QED) is 0.216. The lowest BCUT2D eigenvalue weighted by molar-refractivity contribution is -0.118. The van der Waals surface area contributed by atoms with Crippen LogP contribution in [-0.2, 0) is 11.2 Å². The molecule has 0 bridgehead atoms. The standard InChI is InChI=1S/C30H24BrFN4O3/c1-2-5-28-35-26-14-9-20(31)16-24(26)30(38)36(28)33-17-25-23-7-4-3-6-19(23)8-15-27(25)39-18-29(37)34-22-12-10-21(32)11-13-22/h3-4,6-17H,2,5,18H2,1H3,(H,34,37). The van der Waals surface area contributed by atoms with E-state index in [4.69, 9.17) is 4.74 Å². The van der Waals surface area contributed by atoms with Crippen molar-refractivity contribution in [2.24, 2.45) is 5.10 Å². The summed E-state index contributed by atoms with van der Waals surface area (Å²) >= 11 is 3.43. The molecule has 0 radical (unpaired) electrons. The highest BCUT2D eigenvalue weighted by molar-refractivity contribution is 9.10. The number of carbonyl (C=O) groups excluding carboxylic acids is 1. The molecule has 9 heteroatoms. The fraction of sp³-hybridized carbons (Fsp3) is 0.133. The smallest absolute Gasteiger partial charge is 0.282 e. The van der Waals surface area contributed by atoms with Crippen molar-refractivity contribution in [2.45, 2.75) is 19.8 Å². The zero-order valence-electron chi connectivity index (χ0n) is 21.0. The van der Waals surface area contributed by atoms with Crippen LogP contribution in [0.4, 0.5) is 10.1 Å². The number of nitrogens with one attached hydrogen (secondary N) is 1. The van der Waals surface area contributed by atoms with Gasteiger partial charge >= 0.3 is 0 Å². The van der Waals surface area contributed by atoms with Crippen LogP contribution in [0.3, 0.4) is 0 Å². The van der Waals surface area contributed by atoms with E-state index in [1.165, 1.54) is 28.9 Å². The number of fused-ring (bicyclic) bond motifs is 2. The maximum atomic E-state index is 13.4. The number of ether oxygens (including phenoxy) is 1.